The minimum absolute atomic E-state index is 0.0459. The van der Waals surface area contributed by atoms with E-state index in [2.05, 4.69) is 10.1 Å². The number of anilines is 1. The van der Waals surface area contributed by atoms with Gasteiger partial charge in [0.2, 0.25) is 11.8 Å². The Kier molecular flexibility index (Phi) is 7.01. The summed E-state index contributed by atoms with van der Waals surface area (Å²) in [6, 6.07) is 21.2. The molecule has 7 heteroatoms. The van der Waals surface area contributed by atoms with Crippen molar-refractivity contribution in [3.05, 3.63) is 101 Å². The maximum Gasteiger partial charge on any atom is 0.387 e. The molecule has 1 aliphatic heterocycles. The van der Waals surface area contributed by atoms with Crippen molar-refractivity contribution in [1.29, 1.82) is 0 Å². The van der Waals surface area contributed by atoms with Crippen LogP contribution in [-0.2, 0) is 16.0 Å². The molecule has 4 rings (SSSR count). The Morgan fingerprint density at radius 1 is 1.03 bits per heavy atom. The van der Waals surface area contributed by atoms with Crippen molar-refractivity contribution in [3.8, 4) is 5.75 Å². The predicted molar refractivity (Wildman–Crippen MR) is 126 cm³/mol. The summed E-state index contributed by atoms with van der Waals surface area (Å²) in [4.78, 5) is 26.7. The van der Waals surface area contributed by atoms with Crippen LogP contribution in [0.2, 0.25) is 0 Å². The Balaban J connectivity index is 1.54. The highest BCUT2D eigenvalue weighted by Gasteiger charge is 2.28. The quantitative estimate of drug-likeness (QED) is 0.484. The number of halogens is 2. The lowest BCUT2D eigenvalue weighted by atomic mass is 9.93. The SMILES string of the molecule is CC(=O)N1C=Cc2ccccc2C1CC(=O)Nc1ccc(OC(F)F)c(Cc2ccccc2)c1. The van der Waals surface area contributed by atoms with E-state index in [-0.39, 0.29) is 24.0 Å². The zero-order valence-electron chi connectivity index (χ0n) is 18.6. The molecule has 1 N–H and O–H groups in total. The summed E-state index contributed by atoms with van der Waals surface area (Å²) >= 11 is 0. The number of nitrogens with one attached hydrogen (secondary N) is 1. The topological polar surface area (TPSA) is 58.6 Å². The van der Waals surface area contributed by atoms with Crippen molar-refractivity contribution in [2.24, 2.45) is 0 Å². The Labute approximate surface area is 196 Å². The normalized spacial score (nSPS) is 14.6. The van der Waals surface area contributed by atoms with Crippen molar-refractivity contribution in [3.63, 3.8) is 0 Å². The summed E-state index contributed by atoms with van der Waals surface area (Å²) in [6.07, 6.45) is 3.95. The Morgan fingerprint density at radius 3 is 2.50 bits per heavy atom. The highest BCUT2D eigenvalue weighted by Crippen LogP contribution is 2.33. The minimum Gasteiger partial charge on any atom is -0.435 e. The molecule has 0 saturated carbocycles. The molecule has 0 aliphatic carbocycles. The van der Waals surface area contributed by atoms with Crippen LogP contribution in [0.1, 0.15) is 41.6 Å². The van der Waals surface area contributed by atoms with Gasteiger partial charge >= 0.3 is 6.61 Å². The number of rotatable bonds is 7. The molecular weight excluding hydrogens is 438 g/mol. The van der Waals surface area contributed by atoms with Crippen LogP contribution in [0.25, 0.3) is 6.08 Å². The van der Waals surface area contributed by atoms with Gasteiger partial charge in [-0.2, -0.15) is 8.78 Å². The van der Waals surface area contributed by atoms with E-state index in [1.807, 2.05) is 60.7 Å². The molecule has 1 heterocycles. The predicted octanol–water partition coefficient (Wildman–Crippen LogP) is 5.78. The molecule has 2 amide bonds. The van der Waals surface area contributed by atoms with Crippen molar-refractivity contribution in [2.45, 2.75) is 32.4 Å². The van der Waals surface area contributed by atoms with Crippen molar-refractivity contribution in [2.75, 3.05) is 5.32 Å². The average molecular weight is 462 g/mol. The molecule has 0 spiro atoms. The van der Waals surface area contributed by atoms with Crippen LogP contribution in [0.5, 0.6) is 5.75 Å². The second kappa shape index (κ2) is 10.3. The number of hydrogen-bond acceptors (Lipinski definition) is 3. The van der Waals surface area contributed by atoms with E-state index < -0.39 is 12.7 Å². The van der Waals surface area contributed by atoms with Gasteiger partial charge in [-0.05, 0) is 41.0 Å². The minimum atomic E-state index is -2.95. The molecule has 0 aromatic heterocycles. The second-order valence-electron chi connectivity index (χ2n) is 8.00. The van der Waals surface area contributed by atoms with Crippen molar-refractivity contribution < 1.29 is 23.1 Å². The Bertz CT molecular complexity index is 1210. The third kappa shape index (κ3) is 5.49. The monoisotopic (exact) mass is 462 g/mol. The molecule has 0 saturated heterocycles. The molecular formula is C27H24F2N2O3. The van der Waals surface area contributed by atoms with E-state index >= 15 is 0 Å². The lowest BCUT2D eigenvalue weighted by molar-refractivity contribution is -0.129. The van der Waals surface area contributed by atoms with Gasteiger partial charge < -0.3 is 15.0 Å². The Hall–Kier alpha value is -4.00. The fourth-order valence-corrected chi connectivity index (χ4v) is 4.12. The van der Waals surface area contributed by atoms with Crippen LogP contribution in [0, 0.1) is 0 Å². The summed E-state index contributed by atoms with van der Waals surface area (Å²) in [6.45, 7) is -1.49. The smallest absolute Gasteiger partial charge is 0.387 e. The number of hydrogen-bond donors (Lipinski definition) is 1. The maximum atomic E-state index is 13.0. The molecule has 1 atom stereocenters. The van der Waals surface area contributed by atoms with Gasteiger partial charge in [0.1, 0.15) is 5.75 Å². The zero-order valence-corrected chi connectivity index (χ0v) is 18.6. The molecule has 5 nitrogen and oxygen atoms in total. The third-order valence-electron chi connectivity index (χ3n) is 5.65. The van der Waals surface area contributed by atoms with Crippen LogP contribution < -0.4 is 10.1 Å². The van der Waals surface area contributed by atoms with E-state index in [1.54, 1.807) is 17.2 Å². The van der Waals surface area contributed by atoms with Crippen LogP contribution in [0.3, 0.4) is 0 Å². The number of carbonyl (C=O) groups is 2. The van der Waals surface area contributed by atoms with E-state index in [0.717, 1.165) is 16.7 Å². The summed E-state index contributed by atoms with van der Waals surface area (Å²) in [5.41, 5.74) is 3.76. The standard InChI is InChI=1S/C27H24F2N2O3/c1-18(32)31-14-13-20-9-5-6-10-23(20)24(31)17-26(33)30-22-11-12-25(34-27(28)29)21(16-22)15-19-7-3-2-4-8-19/h2-14,16,24,27H,15,17H2,1H3,(H,30,33). The van der Waals surface area contributed by atoms with Crippen molar-refractivity contribution in [1.82, 2.24) is 4.90 Å². The number of amides is 2. The van der Waals surface area contributed by atoms with Crippen molar-refractivity contribution >= 4 is 23.6 Å². The number of nitrogens with zero attached hydrogens (tertiary/aromatic N) is 1. The fourth-order valence-electron chi connectivity index (χ4n) is 4.12. The number of carbonyl (C=O) groups excluding carboxylic acids is 2. The molecule has 34 heavy (non-hydrogen) atoms. The van der Waals surface area contributed by atoms with E-state index in [9.17, 15) is 18.4 Å². The van der Waals surface area contributed by atoms with Crippen LogP contribution >= 0.6 is 0 Å². The molecule has 3 aromatic carbocycles. The molecule has 0 bridgehead atoms. The average Bonchev–Trinajstić information content (AvgIpc) is 2.81. The first kappa shape index (κ1) is 23.2. The van der Waals surface area contributed by atoms with Gasteiger partial charge in [-0.15, -0.1) is 0 Å². The molecule has 3 aromatic rings. The van der Waals surface area contributed by atoms with Crippen LogP contribution in [0.4, 0.5) is 14.5 Å². The first-order chi connectivity index (χ1) is 16.4. The molecule has 1 unspecified atom stereocenters. The van der Waals surface area contributed by atoms with Gasteiger partial charge in [-0.25, -0.2) is 0 Å². The first-order valence-electron chi connectivity index (χ1n) is 10.9. The zero-order chi connectivity index (χ0) is 24.1. The molecule has 0 radical (unpaired) electrons. The highest BCUT2D eigenvalue weighted by atomic mass is 19.3. The van der Waals surface area contributed by atoms with Gasteiger partial charge in [0.05, 0.1) is 12.5 Å². The lowest BCUT2D eigenvalue weighted by Gasteiger charge is -2.32. The maximum absolute atomic E-state index is 13.0. The molecule has 1 aliphatic rings. The summed E-state index contributed by atoms with van der Waals surface area (Å²) in [5, 5.41) is 2.84. The summed E-state index contributed by atoms with van der Waals surface area (Å²) in [7, 11) is 0. The van der Waals surface area contributed by atoms with Gasteiger partial charge in [-0.3, -0.25) is 9.59 Å². The number of benzene rings is 3. The molecule has 174 valence electrons. The Morgan fingerprint density at radius 2 is 1.76 bits per heavy atom. The molecule has 0 fully saturated rings. The third-order valence-corrected chi connectivity index (χ3v) is 5.65. The van der Waals surface area contributed by atoms with Gasteiger partial charge in [0.15, 0.2) is 0 Å². The van der Waals surface area contributed by atoms with E-state index in [1.165, 1.54) is 19.1 Å². The lowest BCUT2D eigenvalue weighted by Crippen LogP contribution is -2.33. The number of ether oxygens (including phenoxy) is 1. The van der Waals surface area contributed by atoms with Gasteiger partial charge in [0.25, 0.3) is 0 Å². The number of alkyl halides is 2. The van der Waals surface area contributed by atoms with Crippen LogP contribution in [-0.4, -0.2) is 23.3 Å². The first-order valence-corrected chi connectivity index (χ1v) is 10.9. The highest BCUT2D eigenvalue weighted by molar-refractivity contribution is 5.92. The fraction of sp³-hybridized carbons (Fsp3) is 0.185. The number of fused-ring (bicyclic) bond motifs is 1. The van der Waals surface area contributed by atoms with Crippen LogP contribution in [0.15, 0.2) is 79.0 Å². The van der Waals surface area contributed by atoms with E-state index in [4.69, 9.17) is 0 Å². The van der Waals surface area contributed by atoms with Gasteiger partial charge in [-0.1, -0.05) is 54.6 Å². The second-order valence-corrected chi connectivity index (χ2v) is 8.00. The summed E-state index contributed by atoms with van der Waals surface area (Å²) < 4.78 is 30.5. The van der Waals surface area contributed by atoms with Gasteiger partial charge in [0, 0.05) is 30.8 Å². The largest absolute Gasteiger partial charge is 0.435 e. The summed E-state index contributed by atoms with van der Waals surface area (Å²) in [5.74, 6) is -0.400. The van der Waals surface area contributed by atoms with E-state index in [0.29, 0.717) is 17.7 Å².